The van der Waals surface area contributed by atoms with Gasteiger partial charge in [-0.3, -0.25) is 0 Å². The molecule has 0 amide bonds. The predicted octanol–water partition coefficient (Wildman–Crippen LogP) is 7.42. The van der Waals surface area contributed by atoms with Gasteiger partial charge >= 0.3 is 0 Å². The van der Waals surface area contributed by atoms with Gasteiger partial charge in [-0.25, -0.2) is 4.98 Å². The van der Waals surface area contributed by atoms with E-state index < -0.39 is 0 Å². The first-order valence-electron chi connectivity index (χ1n) is 8.81. The maximum absolute atomic E-state index is 4.21. The molecule has 0 spiro atoms. The number of benzene rings is 2. The minimum absolute atomic E-state index is 1.12. The second kappa shape index (κ2) is 14.6. The van der Waals surface area contributed by atoms with Crippen LogP contribution in [0.2, 0.25) is 0 Å². The average Bonchev–Trinajstić information content (AvgIpc) is 3.13. The zero-order chi connectivity index (χ0) is 18.2. The summed E-state index contributed by atoms with van der Waals surface area (Å²) < 4.78 is 0. The first-order chi connectivity index (χ1) is 11.8. The molecule has 1 heterocycles. The average molecular weight is 342 g/mol. The Hall–Kier alpha value is -1.93. The number of thiazole rings is 1. The second-order valence-corrected chi connectivity index (χ2v) is 5.68. The molecule has 0 aliphatic rings. The summed E-state index contributed by atoms with van der Waals surface area (Å²) in [4.78, 5) is 5.46. The quantitative estimate of drug-likeness (QED) is 0.472. The number of hydrogen-bond donors (Lipinski definition) is 0. The molecule has 0 fully saturated rings. The lowest BCUT2D eigenvalue weighted by atomic mass is 10.2. The lowest BCUT2D eigenvalue weighted by molar-refractivity contribution is 1.14. The highest BCUT2D eigenvalue weighted by molar-refractivity contribution is 7.15. The summed E-state index contributed by atoms with van der Waals surface area (Å²) >= 11 is 1.73. The number of hydrogen-bond acceptors (Lipinski definition) is 2. The van der Waals surface area contributed by atoms with E-state index >= 15 is 0 Å². The van der Waals surface area contributed by atoms with Crippen molar-refractivity contribution in [2.24, 2.45) is 0 Å². The van der Waals surface area contributed by atoms with Crippen molar-refractivity contribution in [3.8, 4) is 10.4 Å². The Balaban J connectivity index is 0.000000385. The first-order valence-corrected chi connectivity index (χ1v) is 9.63. The summed E-state index contributed by atoms with van der Waals surface area (Å²) in [7, 11) is 0. The molecule has 0 bridgehead atoms. The van der Waals surface area contributed by atoms with Gasteiger partial charge in [0, 0.05) is 6.20 Å². The van der Waals surface area contributed by atoms with Crippen molar-refractivity contribution < 1.29 is 0 Å². The van der Waals surface area contributed by atoms with Crippen molar-refractivity contribution in [2.45, 2.75) is 48.0 Å². The normalized spacial score (nSPS) is 8.58. The van der Waals surface area contributed by atoms with Gasteiger partial charge in [0.05, 0.1) is 9.88 Å². The first kappa shape index (κ1) is 22.1. The maximum atomic E-state index is 4.21. The molecule has 0 radical (unpaired) electrons. The summed E-state index contributed by atoms with van der Waals surface area (Å²) in [6, 6.07) is 20.8. The largest absolute Gasteiger partial charge is 0.249 e. The number of nitrogens with zero attached hydrogens (tertiary/aromatic N) is 1. The Labute approximate surface area is 152 Å². The maximum Gasteiger partial charge on any atom is 0.0900 e. The Morgan fingerprint density at radius 1 is 0.792 bits per heavy atom. The fourth-order valence-corrected chi connectivity index (χ4v) is 2.59. The smallest absolute Gasteiger partial charge is 0.0900 e. The highest BCUT2D eigenvalue weighted by Crippen LogP contribution is 2.24. The van der Waals surface area contributed by atoms with Crippen LogP contribution < -0.4 is 0 Å². The van der Waals surface area contributed by atoms with Crippen molar-refractivity contribution in [3.05, 3.63) is 77.4 Å². The molecular formula is C22H31NS. The van der Waals surface area contributed by atoms with Crippen LogP contribution in [0.5, 0.6) is 0 Å². The van der Waals surface area contributed by atoms with E-state index in [9.17, 15) is 0 Å². The summed E-state index contributed by atoms with van der Waals surface area (Å²) in [5.74, 6) is 0. The molecule has 0 atom stereocenters. The van der Waals surface area contributed by atoms with Gasteiger partial charge in [-0.2, -0.15) is 0 Å². The van der Waals surface area contributed by atoms with Crippen LogP contribution >= 0.6 is 11.3 Å². The third-order valence-electron chi connectivity index (χ3n) is 2.93. The van der Waals surface area contributed by atoms with Gasteiger partial charge in [-0.15, -0.1) is 11.3 Å². The molecule has 3 aromatic rings. The van der Waals surface area contributed by atoms with Crippen molar-refractivity contribution in [3.63, 3.8) is 0 Å². The molecule has 0 saturated carbocycles. The van der Waals surface area contributed by atoms with Gasteiger partial charge in [0.1, 0.15) is 0 Å². The van der Waals surface area contributed by atoms with Gasteiger partial charge in [-0.1, -0.05) is 95.3 Å². The van der Waals surface area contributed by atoms with E-state index in [0.717, 1.165) is 11.4 Å². The van der Waals surface area contributed by atoms with Crippen molar-refractivity contribution in [1.82, 2.24) is 4.98 Å². The standard InChI is InChI=1S/C10H9NS.C8H10.2C2H6/c1-8-11-7-10(12-8)9-5-3-2-4-6-9;1-2-8-6-4-3-5-7-8;2*1-2/h2-7H,1H3;3-7H,2H2,1H3;2*1-2H3. The minimum atomic E-state index is 1.12. The van der Waals surface area contributed by atoms with E-state index in [-0.39, 0.29) is 0 Å². The molecule has 0 N–H and O–H groups in total. The zero-order valence-electron chi connectivity index (χ0n) is 15.9. The van der Waals surface area contributed by atoms with E-state index in [4.69, 9.17) is 0 Å². The predicted molar refractivity (Wildman–Crippen MR) is 111 cm³/mol. The molecule has 1 aromatic heterocycles. The fourth-order valence-electron chi connectivity index (χ4n) is 1.81. The Bertz CT molecular complexity index is 615. The summed E-state index contributed by atoms with van der Waals surface area (Å²) in [6.45, 7) is 12.2. The van der Waals surface area contributed by atoms with Crippen molar-refractivity contribution in [2.75, 3.05) is 0 Å². The SMILES string of the molecule is CC.CC.CCc1ccccc1.Cc1ncc(-c2ccccc2)s1. The molecule has 2 heteroatoms. The molecule has 0 aliphatic carbocycles. The molecule has 1 nitrogen and oxygen atoms in total. The van der Waals surface area contributed by atoms with E-state index in [0.29, 0.717) is 0 Å². The molecule has 130 valence electrons. The van der Waals surface area contributed by atoms with Crippen LogP contribution in [-0.4, -0.2) is 4.98 Å². The van der Waals surface area contributed by atoms with Gasteiger partial charge in [0.15, 0.2) is 0 Å². The van der Waals surface area contributed by atoms with Crippen LogP contribution in [0.1, 0.15) is 45.2 Å². The summed E-state index contributed by atoms with van der Waals surface area (Å²) in [5.41, 5.74) is 2.66. The fraction of sp³-hybridized carbons (Fsp3) is 0.318. The third-order valence-corrected chi connectivity index (χ3v) is 3.89. The molecule has 2 aromatic carbocycles. The van der Waals surface area contributed by atoms with E-state index in [1.807, 2.05) is 65.1 Å². The van der Waals surface area contributed by atoms with Gasteiger partial charge in [-0.05, 0) is 24.5 Å². The summed E-state index contributed by atoms with van der Waals surface area (Å²) in [6.07, 6.45) is 3.07. The Kier molecular flexibility index (Phi) is 13.5. The highest BCUT2D eigenvalue weighted by atomic mass is 32.1. The van der Waals surface area contributed by atoms with Crippen LogP contribution in [0, 0.1) is 6.92 Å². The number of aryl methyl sites for hydroxylation is 2. The highest BCUT2D eigenvalue weighted by Gasteiger charge is 1.98. The lowest BCUT2D eigenvalue weighted by Gasteiger charge is -1.92. The topological polar surface area (TPSA) is 12.9 Å². The van der Waals surface area contributed by atoms with Crippen LogP contribution in [-0.2, 0) is 6.42 Å². The third kappa shape index (κ3) is 8.64. The molecule has 0 unspecified atom stereocenters. The van der Waals surface area contributed by atoms with Crippen LogP contribution in [0.3, 0.4) is 0 Å². The molecule has 0 saturated heterocycles. The Morgan fingerprint density at radius 3 is 1.67 bits per heavy atom. The van der Waals surface area contributed by atoms with Gasteiger partial charge < -0.3 is 0 Å². The summed E-state index contributed by atoms with van der Waals surface area (Å²) in [5, 5.41) is 1.12. The Morgan fingerprint density at radius 2 is 1.29 bits per heavy atom. The van der Waals surface area contributed by atoms with Crippen molar-refractivity contribution in [1.29, 1.82) is 0 Å². The van der Waals surface area contributed by atoms with Crippen LogP contribution in [0.25, 0.3) is 10.4 Å². The van der Waals surface area contributed by atoms with Gasteiger partial charge in [0.25, 0.3) is 0 Å². The lowest BCUT2D eigenvalue weighted by Crippen LogP contribution is -1.73. The molecule has 3 rings (SSSR count). The zero-order valence-corrected chi connectivity index (χ0v) is 16.7. The van der Waals surface area contributed by atoms with E-state index in [2.05, 4.69) is 48.3 Å². The number of aromatic nitrogens is 1. The van der Waals surface area contributed by atoms with Crippen LogP contribution in [0.15, 0.2) is 66.9 Å². The second-order valence-electron chi connectivity index (χ2n) is 4.45. The van der Waals surface area contributed by atoms with E-state index in [1.165, 1.54) is 16.0 Å². The molecule has 0 aliphatic heterocycles. The number of rotatable bonds is 2. The van der Waals surface area contributed by atoms with E-state index in [1.54, 1.807) is 11.3 Å². The van der Waals surface area contributed by atoms with Crippen molar-refractivity contribution >= 4 is 11.3 Å². The minimum Gasteiger partial charge on any atom is -0.249 e. The monoisotopic (exact) mass is 341 g/mol. The van der Waals surface area contributed by atoms with Crippen LogP contribution in [0.4, 0.5) is 0 Å². The molecular weight excluding hydrogens is 310 g/mol. The van der Waals surface area contributed by atoms with Gasteiger partial charge in [0.2, 0.25) is 0 Å². The molecule has 24 heavy (non-hydrogen) atoms.